The molecule has 0 heterocycles. The van der Waals surface area contributed by atoms with E-state index in [0.29, 0.717) is 0 Å². The molecule has 0 radical (unpaired) electrons. The first-order chi connectivity index (χ1) is 12.2. The van der Waals surface area contributed by atoms with Gasteiger partial charge in [-0.25, -0.2) is 0 Å². The zero-order valence-electron chi connectivity index (χ0n) is 19.9. The van der Waals surface area contributed by atoms with E-state index in [4.69, 9.17) is 19.2 Å². The topological polar surface area (TPSA) is 86.2 Å². The van der Waals surface area contributed by atoms with Crippen molar-refractivity contribution in [1.29, 1.82) is 0 Å². The van der Waals surface area contributed by atoms with Crippen molar-refractivity contribution in [2.75, 3.05) is 0 Å². The van der Waals surface area contributed by atoms with E-state index >= 15 is 0 Å². The van der Waals surface area contributed by atoms with E-state index in [2.05, 4.69) is 41.5 Å². The summed E-state index contributed by atoms with van der Waals surface area (Å²) >= 11 is 0. The van der Waals surface area contributed by atoms with Gasteiger partial charge in [0.05, 0.1) is 0 Å². The van der Waals surface area contributed by atoms with Crippen LogP contribution in [0.2, 0.25) is 0 Å². The van der Waals surface area contributed by atoms with Crippen molar-refractivity contribution in [2.24, 2.45) is 0 Å². The number of unbranched alkanes of at least 4 members (excludes halogenated alkanes) is 12. The van der Waals surface area contributed by atoms with Gasteiger partial charge in [-0.15, -0.1) is 0 Å². The summed E-state index contributed by atoms with van der Waals surface area (Å²) in [5.41, 5.74) is 0. The maximum absolute atomic E-state index is 8.55. The molecule has 29 heavy (non-hydrogen) atoms. The van der Waals surface area contributed by atoms with Gasteiger partial charge in [-0.2, -0.15) is 27.1 Å². The van der Waals surface area contributed by atoms with Crippen molar-refractivity contribution in [3.63, 3.8) is 0 Å². The van der Waals surface area contributed by atoms with Gasteiger partial charge in [-0.1, -0.05) is 97.8 Å². The van der Waals surface area contributed by atoms with Crippen LogP contribution in [0.3, 0.4) is 0 Å². The van der Waals surface area contributed by atoms with Crippen LogP contribution in [0.1, 0.15) is 117 Å². The van der Waals surface area contributed by atoms with E-state index in [9.17, 15) is 0 Å². The standard InChI is InChI=1S/3C7H15.H3O4P.3Zn/c3*1-3-5-7-6-4-2;1-5(2,3)4;;;/h3*1,3-7H2,2H3;(H3,1,2,3,4);;;/q3*-1;;3*+2/p-3. The summed E-state index contributed by atoms with van der Waals surface area (Å²) in [5.74, 6) is 0. The van der Waals surface area contributed by atoms with Gasteiger partial charge in [0.25, 0.3) is 0 Å². The predicted octanol–water partition coefficient (Wildman–Crippen LogP) is 5.54. The Balaban J connectivity index is -0.0000000433. The molecule has 164 valence electrons. The van der Waals surface area contributed by atoms with Gasteiger partial charge in [0, 0.05) is 0 Å². The van der Waals surface area contributed by atoms with Gasteiger partial charge < -0.3 is 40.0 Å². The average Bonchev–Trinajstić information content (AvgIpc) is 2.56. The Morgan fingerprint density at radius 1 is 0.517 bits per heavy atom. The summed E-state index contributed by atoms with van der Waals surface area (Å²) in [7, 11) is -5.39. The third-order valence-electron chi connectivity index (χ3n) is 3.31. The minimum atomic E-state index is -5.39. The molecule has 0 aromatic heterocycles. The van der Waals surface area contributed by atoms with E-state index < -0.39 is 7.82 Å². The van der Waals surface area contributed by atoms with Crippen molar-refractivity contribution in [3.05, 3.63) is 20.8 Å². The van der Waals surface area contributed by atoms with Crippen LogP contribution in [-0.4, -0.2) is 0 Å². The second-order valence-electron chi connectivity index (χ2n) is 6.19. The Bertz CT molecular complexity index is 212. The van der Waals surface area contributed by atoms with Crippen LogP contribution in [0.5, 0.6) is 0 Å². The fourth-order valence-corrected chi connectivity index (χ4v) is 1.81. The number of hydrogen-bond acceptors (Lipinski definition) is 4. The molecule has 0 bridgehead atoms. The summed E-state index contributed by atoms with van der Waals surface area (Å²) in [4.78, 5) is 25.6. The van der Waals surface area contributed by atoms with Crippen LogP contribution in [0.25, 0.3) is 0 Å². The second kappa shape index (κ2) is 47.7. The average molecular weight is 589 g/mol. The van der Waals surface area contributed by atoms with Crippen LogP contribution in [-0.2, 0) is 63.0 Å². The molecule has 4 nitrogen and oxygen atoms in total. The SMILES string of the molecule is O=P([O-])([O-])[O-].[CH2-]CCCCCC.[CH2-]CCCCCC.[CH2-]CCCCCC.[Zn+2].[Zn+2].[Zn+2]. The summed E-state index contributed by atoms with van der Waals surface area (Å²) in [5, 5.41) is 0. The van der Waals surface area contributed by atoms with Crippen molar-refractivity contribution < 1.29 is 77.7 Å². The molecule has 8 heteroatoms. The third-order valence-corrected chi connectivity index (χ3v) is 3.31. The summed E-state index contributed by atoms with van der Waals surface area (Å²) in [6.45, 7) is 17.9. The molecule has 0 amide bonds. The summed E-state index contributed by atoms with van der Waals surface area (Å²) < 4.78 is 8.55. The second-order valence-corrected chi connectivity index (χ2v) is 7.08. The van der Waals surface area contributed by atoms with Crippen LogP contribution in [0.15, 0.2) is 0 Å². The van der Waals surface area contributed by atoms with Crippen molar-refractivity contribution in [1.82, 2.24) is 0 Å². The van der Waals surface area contributed by atoms with Gasteiger partial charge in [-0.05, 0) is 0 Å². The molecule has 0 aliphatic rings. The molecular weight excluding hydrogens is 543 g/mol. The number of rotatable bonds is 12. The van der Waals surface area contributed by atoms with E-state index in [1.54, 1.807) is 0 Å². The van der Waals surface area contributed by atoms with Crippen LogP contribution in [0, 0.1) is 20.8 Å². The number of phosphoric acid groups is 1. The predicted molar refractivity (Wildman–Crippen MR) is 110 cm³/mol. The molecular formula is C21H45O4PZn3. The monoisotopic (exact) mass is 584 g/mol. The molecule has 0 saturated carbocycles. The molecule has 0 spiro atoms. The molecule has 0 saturated heterocycles. The Hall–Kier alpha value is 1.98. The number of hydrogen-bond donors (Lipinski definition) is 0. The minimum Gasteiger partial charge on any atom is -0.822 e. The fourth-order valence-electron chi connectivity index (χ4n) is 1.81. The van der Waals surface area contributed by atoms with E-state index in [-0.39, 0.29) is 58.4 Å². The smallest absolute Gasteiger partial charge is 0.822 e. The largest absolute Gasteiger partial charge is 2.00 e. The van der Waals surface area contributed by atoms with Gasteiger partial charge >= 0.3 is 58.4 Å². The van der Waals surface area contributed by atoms with E-state index in [1.165, 1.54) is 77.0 Å². The Kier molecular flexibility index (Phi) is 79.6. The third kappa shape index (κ3) is 120. The zero-order chi connectivity index (χ0) is 21.1. The van der Waals surface area contributed by atoms with Crippen molar-refractivity contribution in [2.45, 2.75) is 117 Å². The Morgan fingerprint density at radius 3 is 0.793 bits per heavy atom. The molecule has 0 aliphatic carbocycles. The van der Waals surface area contributed by atoms with Crippen molar-refractivity contribution in [3.8, 4) is 0 Å². The quantitative estimate of drug-likeness (QED) is 0.130. The molecule has 0 atom stereocenters. The molecule has 0 aromatic carbocycles. The zero-order valence-corrected chi connectivity index (χ0v) is 29.7. The van der Waals surface area contributed by atoms with Crippen LogP contribution < -0.4 is 14.7 Å². The van der Waals surface area contributed by atoms with Gasteiger partial charge in [0.15, 0.2) is 0 Å². The fraction of sp³-hybridized carbons (Fsp3) is 0.857. The van der Waals surface area contributed by atoms with Crippen molar-refractivity contribution >= 4 is 7.82 Å². The first kappa shape index (κ1) is 48.4. The van der Waals surface area contributed by atoms with Gasteiger partial charge in [0.2, 0.25) is 0 Å². The van der Waals surface area contributed by atoms with Gasteiger partial charge in [0.1, 0.15) is 0 Å². The Labute approximate surface area is 222 Å². The first-order valence-electron chi connectivity index (χ1n) is 10.4. The first-order valence-corrected chi connectivity index (χ1v) is 11.8. The molecule has 0 rings (SSSR count). The van der Waals surface area contributed by atoms with Crippen LogP contribution in [0.4, 0.5) is 0 Å². The molecule has 0 N–H and O–H groups in total. The molecule has 0 aromatic rings. The normalized spacial score (nSPS) is 8.86. The summed E-state index contributed by atoms with van der Waals surface area (Å²) in [6.07, 6.45) is 19.6. The summed E-state index contributed by atoms with van der Waals surface area (Å²) in [6, 6.07) is 0. The maximum atomic E-state index is 8.55. The molecule has 0 unspecified atom stereocenters. The minimum absolute atomic E-state index is 0. The molecule has 0 fully saturated rings. The Morgan fingerprint density at radius 2 is 0.690 bits per heavy atom. The maximum Gasteiger partial charge on any atom is 2.00 e. The van der Waals surface area contributed by atoms with Crippen LogP contribution >= 0.6 is 7.82 Å². The van der Waals surface area contributed by atoms with E-state index in [0.717, 1.165) is 19.3 Å². The van der Waals surface area contributed by atoms with Gasteiger partial charge in [-0.3, -0.25) is 0 Å². The molecule has 0 aliphatic heterocycles. The van der Waals surface area contributed by atoms with E-state index in [1.807, 2.05) is 0 Å².